The zero-order valence-corrected chi connectivity index (χ0v) is 21.9. The van der Waals surface area contributed by atoms with Crippen molar-refractivity contribution in [1.29, 1.82) is 0 Å². The Morgan fingerprint density at radius 2 is 0.586 bits per heavy atom. The van der Waals surface area contributed by atoms with E-state index in [1.54, 1.807) is 0 Å². The molecule has 0 spiro atoms. The van der Waals surface area contributed by atoms with Gasteiger partial charge in [-0.1, -0.05) is 119 Å². The summed E-state index contributed by atoms with van der Waals surface area (Å²) in [5, 5.41) is 0. The maximum atomic E-state index is 5.44. The molecule has 0 aromatic carbocycles. The fourth-order valence-corrected chi connectivity index (χ4v) is 3.37. The van der Waals surface area contributed by atoms with Crippen LogP contribution in [-0.4, -0.2) is 32.0 Å². The molecule has 0 aliphatic heterocycles. The molecule has 0 heterocycles. The number of hydrogen-bond donors (Lipinski definition) is 2. The summed E-state index contributed by atoms with van der Waals surface area (Å²) >= 11 is 0. The molecule has 3 heteroatoms. The van der Waals surface area contributed by atoms with Gasteiger partial charge < -0.3 is 11.5 Å². The van der Waals surface area contributed by atoms with E-state index in [-0.39, 0.29) is 18.9 Å². The van der Waals surface area contributed by atoms with Crippen LogP contribution >= 0.6 is 0 Å². The van der Waals surface area contributed by atoms with E-state index in [9.17, 15) is 0 Å². The third-order valence-corrected chi connectivity index (χ3v) is 5.26. The first-order valence-electron chi connectivity index (χ1n) is 12.5. The SMILES string of the molecule is CC(C)(C)CCCCCCCCCN.CC(C)(C)CCCCCCCCCN.[Li]. The minimum Gasteiger partial charge on any atom is -0.330 e. The Morgan fingerprint density at radius 3 is 0.793 bits per heavy atom. The van der Waals surface area contributed by atoms with Gasteiger partial charge in [0.1, 0.15) is 0 Å². The second-order valence-electron chi connectivity index (χ2n) is 11.1. The zero-order valence-electron chi connectivity index (χ0n) is 21.9. The van der Waals surface area contributed by atoms with Crippen LogP contribution in [-0.2, 0) is 0 Å². The molecule has 2 nitrogen and oxygen atoms in total. The fraction of sp³-hybridized carbons (Fsp3) is 1.00. The van der Waals surface area contributed by atoms with E-state index in [4.69, 9.17) is 11.5 Å². The van der Waals surface area contributed by atoms with Gasteiger partial charge >= 0.3 is 0 Å². The van der Waals surface area contributed by atoms with Crippen LogP contribution in [0, 0.1) is 10.8 Å². The van der Waals surface area contributed by atoms with Crippen LogP contribution in [0.4, 0.5) is 0 Å². The predicted molar refractivity (Wildman–Crippen MR) is 137 cm³/mol. The molecule has 0 saturated heterocycles. The molecule has 0 aliphatic carbocycles. The van der Waals surface area contributed by atoms with Gasteiger partial charge in [-0.05, 0) is 49.6 Å². The molecule has 0 bridgehead atoms. The van der Waals surface area contributed by atoms with Gasteiger partial charge in [0, 0.05) is 18.9 Å². The van der Waals surface area contributed by atoms with Crippen LogP contribution in [0.25, 0.3) is 0 Å². The first-order chi connectivity index (χ1) is 13.1. The van der Waals surface area contributed by atoms with E-state index in [0.717, 1.165) is 13.1 Å². The van der Waals surface area contributed by atoms with Crippen molar-refractivity contribution in [2.24, 2.45) is 22.3 Å². The Morgan fingerprint density at radius 1 is 0.379 bits per heavy atom. The molecule has 0 amide bonds. The van der Waals surface area contributed by atoms with Gasteiger partial charge in [-0.15, -0.1) is 0 Å². The van der Waals surface area contributed by atoms with Crippen LogP contribution in [0.15, 0.2) is 0 Å². The molecule has 173 valence electrons. The summed E-state index contributed by atoms with van der Waals surface area (Å²) in [6, 6.07) is 0. The van der Waals surface area contributed by atoms with Crippen molar-refractivity contribution >= 4 is 18.9 Å². The maximum absolute atomic E-state index is 5.44. The van der Waals surface area contributed by atoms with Gasteiger partial charge in [-0.25, -0.2) is 0 Å². The molecule has 0 aromatic rings. The number of nitrogens with two attached hydrogens (primary N) is 2. The molecule has 4 N–H and O–H groups in total. The molecule has 0 saturated carbocycles. The summed E-state index contributed by atoms with van der Waals surface area (Å²) < 4.78 is 0. The van der Waals surface area contributed by atoms with E-state index in [0.29, 0.717) is 10.8 Å². The first-order valence-corrected chi connectivity index (χ1v) is 12.5. The van der Waals surface area contributed by atoms with Crippen LogP contribution in [0.2, 0.25) is 0 Å². The summed E-state index contributed by atoms with van der Waals surface area (Å²) in [6.07, 6.45) is 21.9. The van der Waals surface area contributed by atoms with Crippen LogP contribution in [0.3, 0.4) is 0 Å². The summed E-state index contributed by atoms with van der Waals surface area (Å²) in [7, 11) is 0. The Bertz CT molecular complexity index is 262. The van der Waals surface area contributed by atoms with Gasteiger partial charge in [0.2, 0.25) is 0 Å². The topological polar surface area (TPSA) is 52.0 Å². The number of unbranched alkanes of at least 4 members (excludes halogenated alkanes) is 12. The van der Waals surface area contributed by atoms with Crippen molar-refractivity contribution in [3.8, 4) is 0 Å². The first kappa shape index (κ1) is 34.1. The number of rotatable bonds is 16. The predicted octanol–water partition coefficient (Wildman–Crippen LogP) is 7.84. The Kier molecular flexibility index (Phi) is 27.3. The molecular formula is C26H58LiN2. The Hall–Kier alpha value is 0.517. The quantitative estimate of drug-likeness (QED) is 0.203. The Labute approximate surface area is 198 Å². The molecule has 29 heavy (non-hydrogen) atoms. The summed E-state index contributed by atoms with van der Waals surface area (Å²) in [5.41, 5.74) is 11.9. The minimum atomic E-state index is 0. The van der Waals surface area contributed by atoms with Gasteiger partial charge in [-0.2, -0.15) is 0 Å². The van der Waals surface area contributed by atoms with E-state index < -0.39 is 0 Å². The smallest absolute Gasteiger partial charge is 0 e. The summed E-state index contributed by atoms with van der Waals surface area (Å²) in [4.78, 5) is 0. The van der Waals surface area contributed by atoms with Crippen LogP contribution in [0.1, 0.15) is 144 Å². The third kappa shape index (κ3) is 39.5. The molecular weight excluding hydrogens is 347 g/mol. The molecule has 1 radical (unpaired) electrons. The van der Waals surface area contributed by atoms with Gasteiger partial charge in [0.15, 0.2) is 0 Å². The maximum Gasteiger partial charge on any atom is 0 e. The largest absolute Gasteiger partial charge is 0.330 e. The van der Waals surface area contributed by atoms with Crippen LogP contribution < -0.4 is 11.5 Å². The fourth-order valence-electron chi connectivity index (χ4n) is 3.37. The average Bonchev–Trinajstić information content (AvgIpc) is 2.58. The normalized spacial score (nSPS) is 11.6. The molecule has 0 aliphatic rings. The van der Waals surface area contributed by atoms with E-state index >= 15 is 0 Å². The summed E-state index contributed by atoms with van der Waals surface area (Å²) in [5.74, 6) is 0. The van der Waals surface area contributed by atoms with Crippen molar-refractivity contribution in [3.05, 3.63) is 0 Å². The van der Waals surface area contributed by atoms with Crippen molar-refractivity contribution < 1.29 is 0 Å². The summed E-state index contributed by atoms with van der Waals surface area (Å²) in [6.45, 7) is 15.7. The number of hydrogen-bond acceptors (Lipinski definition) is 2. The molecule has 0 aromatic heterocycles. The molecule has 0 atom stereocenters. The van der Waals surface area contributed by atoms with Gasteiger partial charge in [0.05, 0.1) is 0 Å². The second kappa shape index (κ2) is 23.2. The second-order valence-corrected chi connectivity index (χ2v) is 11.1. The standard InChI is InChI=1S/2C13H29N.Li/c2*1-13(2,3)11-9-7-5-4-6-8-10-12-14;/h2*4-12,14H2,1-3H3;. The van der Waals surface area contributed by atoms with Crippen molar-refractivity contribution in [2.45, 2.75) is 144 Å². The Balaban J connectivity index is -0.000000451. The van der Waals surface area contributed by atoms with Gasteiger partial charge in [-0.3, -0.25) is 0 Å². The van der Waals surface area contributed by atoms with Crippen LogP contribution in [0.5, 0.6) is 0 Å². The van der Waals surface area contributed by atoms with Gasteiger partial charge in [0.25, 0.3) is 0 Å². The zero-order chi connectivity index (χ0) is 21.7. The van der Waals surface area contributed by atoms with E-state index in [1.807, 2.05) is 0 Å². The van der Waals surface area contributed by atoms with Crippen molar-refractivity contribution in [2.75, 3.05) is 13.1 Å². The van der Waals surface area contributed by atoms with E-state index in [2.05, 4.69) is 41.5 Å². The molecule has 0 fully saturated rings. The molecule has 0 unspecified atom stereocenters. The average molecular weight is 406 g/mol. The monoisotopic (exact) mass is 405 g/mol. The van der Waals surface area contributed by atoms with E-state index in [1.165, 1.54) is 103 Å². The van der Waals surface area contributed by atoms with Crippen molar-refractivity contribution in [3.63, 3.8) is 0 Å². The van der Waals surface area contributed by atoms with Crippen molar-refractivity contribution in [1.82, 2.24) is 0 Å². The third-order valence-electron chi connectivity index (χ3n) is 5.26. The molecule has 0 rings (SSSR count). The minimum absolute atomic E-state index is 0.